The summed E-state index contributed by atoms with van der Waals surface area (Å²) >= 11 is 1.21. The number of ether oxygens (including phenoxy) is 1. The minimum atomic E-state index is -0.400. The van der Waals surface area contributed by atoms with E-state index in [1.54, 1.807) is 31.2 Å². The number of likely N-dealkylation sites (N-methyl/N-ethyl adjacent to an activating group) is 1. The lowest BCUT2D eigenvalue weighted by Crippen LogP contribution is -2.37. The summed E-state index contributed by atoms with van der Waals surface area (Å²) in [7, 11) is 3.27. The highest BCUT2D eigenvalue weighted by Crippen LogP contribution is 2.36. The van der Waals surface area contributed by atoms with Crippen molar-refractivity contribution < 1.29 is 13.9 Å². The normalized spacial score (nSPS) is 12.6. The molecule has 0 spiro atoms. The van der Waals surface area contributed by atoms with E-state index in [0.29, 0.717) is 21.6 Å². The number of nitrogens with zero attached hydrogens (tertiary/aromatic N) is 1. The van der Waals surface area contributed by atoms with Gasteiger partial charge in [0.2, 0.25) is 0 Å². The SMILES string of the molecule is COCC(C)N(C)C(=O)c1sc2cccc(F)c2c1N. The van der Waals surface area contributed by atoms with Gasteiger partial charge in [0.1, 0.15) is 10.7 Å². The number of rotatable bonds is 4. The Hall–Kier alpha value is -1.66. The number of thiophene rings is 1. The third-order valence-corrected chi connectivity index (χ3v) is 4.44. The van der Waals surface area contributed by atoms with E-state index in [-0.39, 0.29) is 17.6 Å². The Labute approximate surface area is 120 Å². The molecule has 20 heavy (non-hydrogen) atoms. The van der Waals surface area contributed by atoms with Gasteiger partial charge >= 0.3 is 0 Å². The summed E-state index contributed by atoms with van der Waals surface area (Å²) in [4.78, 5) is 14.4. The van der Waals surface area contributed by atoms with E-state index in [0.717, 1.165) is 0 Å². The lowest BCUT2D eigenvalue weighted by molar-refractivity contribution is 0.0639. The second-order valence-electron chi connectivity index (χ2n) is 4.68. The summed E-state index contributed by atoms with van der Waals surface area (Å²) in [6.45, 7) is 2.31. The van der Waals surface area contributed by atoms with Crippen molar-refractivity contribution in [1.29, 1.82) is 0 Å². The molecule has 1 atom stereocenters. The molecule has 0 fully saturated rings. The number of hydrogen-bond acceptors (Lipinski definition) is 4. The van der Waals surface area contributed by atoms with Gasteiger partial charge in [-0.1, -0.05) is 6.07 Å². The molecule has 0 radical (unpaired) electrons. The molecule has 1 amide bonds. The maximum absolute atomic E-state index is 13.8. The lowest BCUT2D eigenvalue weighted by Gasteiger charge is -2.23. The third kappa shape index (κ3) is 2.48. The van der Waals surface area contributed by atoms with Crippen molar-refractivity contribution in [2.24, 2.45) is 0 Å². The summed E-state index contributed by atoms with van der Waals surface area (Å²) < 4.78 is 19.5. The zero-order valence-electron chi connectivity index (χ0n) is 11.6. The first kappa shape index (κ1) is 14.7. The molecule has 0 aliphatic heterocycles. The quantitative estimate of drug-likeness (QED) is 0.944. The van der Waals surface area contributed by atoms with Crippen LogP contribution in [0.1, 0.15) is 16.6 Å². The first-order chi connectivity index (χ1) is 9.47. The van der Waals surface area contributed by atoms with Crippen molar-refractivity contribution in [3.63, 3.8) is 0 Å². The fourth-order valence-corrected chi connectivity index (χ4v) is 3.12. The maximum Gasteiger partial charge on any atom is 0.266 e. The molecule has 1 unspecified atom stereocenters. The summed E-state index contributed by atoms with van der Waals surface area (Å²) in [5.41, 5.74) is 6.16. The van der Waals surface area contributed by atoms with Crippen LogP contribution in [0.5, 0.6) is 0 Å². The number of amides is 1. The topological polar surface area (TPSA) is 55.6 Å². The molecule has 2 aromatic rings. The molecule has 0 aliphatic rings. The molecule has 108 valence electrons. The predicted octanol–water partition coefficient (Wildman–Crippen LogP) is 2.73. The summed E-state index contributed by atoms with van der Waals surface area (Å²) in [5, 5.41) is 0.327. The van der Waals surface area contributed by atoms with Crippen LogP contribution >= 0.6 is 11.3 Å². The van der Waals surface area contributed by atoms with E-state index >= 15 is 0 Å². The number of benzene rings is 1. The second kappa shape index (κ2) is 5.76. The highest BCUT2D eigenvalue weighted by Gasteiger charge is 2.24. The van der Waals surface area contributed by atoms with Gasteiger partial charge in [0.25, 0.3) is 5.91 Å². The number of halogens is 1. The number of methoxy groups -OCH3 is 1. The Balaban J connectivity index is 2.40. The maximum atomic E-state index is 13.8. The van der Waals surface area contributed by atoms with Crippen LogP contribution in [0.15, 0.2) is 18.2 Å². The minimum absolute atomic E-state index is 0.0815. The summed E-state index contributed by atoms with van der Waals surface area (Å²) in [6, 6.07) is 4.63. The fourth-order valence-electron chi connectivity index (χ4n) is 2.00. The van der Waals surface area contributed by atoms with Crippen LogP contribution in [0.25, 0.3) is 10.1 Å². The van der Waals surface area contributed by atoms with Crippen LogP contribution in [-0.2, 0) is 4.74 Å². The second-order valence-corrected chi connectivity index (χ2v) is 5.73. The molecular weight excluding hydrogens is 279 g/mol. The molecule has 0 saturated carbocycles. The van der Waals surface area contributed by atoms with Gasteiger partial charge in [0.05, 0.1) is 23.7 Å². The fraction of sp³-hybridized carbons (Fsp3) is 0.357. The smallest absolute Gasteiger partial charge is 0.266 e. The predicted molar refractivity (Wildman–Crippen MR) is 79.6 cm³/mol. The van der Waals surface area contributed by atoms with Crippen LogP contribution in [0.2, 0.25) is 0 Å². The molecule has 1 aromatic heterocycles. The molecule has 4 nitrogen and oxygen atoms in total. The molecule has 2 N–H and O–H groups in total. The monoisotopic (exact) mass is 296 g/mol. The van der Waals surface area contributed by atoms with Gasteiger partial charge in [-0.05, 0) is 19.1 Å². The molecule has 1 aromatic carbocycles. The van der Waals surface area contributed by atoms with Gasteiger partial charge < -0.3 is 15.4 Å². The molecular formula is C14H17FN2O2S. The number of nitrogens with two attached hydrogens (primary N) is 1. The number of carbonyl (C=O) groups excluding carboxylic acids is 1. The lowest BCUT2D eigenvalue weighted by atomic mass is 10.2. The Morgan fingerprint density at radius 2 is 2.25 bits per heavy atom. The Bertz CT molecular complexity index is 641. The van der Waals surface area contributed by atoms with Gasteiger partial charge in [-0.25, -0.2) is 4.39 Å². The van der Waals surface area contributed by atoms with Gasteiger partial charge in [0, 0.05) is 18.9 Å². The van der Waals surface area contributed by atoms with Crippen LogP contribution < -0.4 is 5.73 Å². The average Bonchev–Trinajstić information content (AvgIpc) is 2.76. The van der Waals surface area contributed by atoms with Crippen LogP contribution in [0.3, 0.4) is 0 Å². The van der Waals surface area contributed by atoms with E-state index < -0.39 is 5.82 Å². The summed E-state index contributed by atoms with van der Waals surface area (Å²) in [6.07, 6.45) is 0. The molecule has 0 aliphatic carbocycles. The van der Waals surface area contributed by atoms with Gasteiger partial charge in [-0.3, -0.25) is 4.79 Å². The molecule has 1 heterocycles. The van der Waals surface area contributed by atoms with Crippen LogP contribution in [-0.4, -0.2) is 37.6 Å². The Morgan fingerprint density at radius 1 is 1.55 bits per heavy atom. The number of nitrogen functional groups attached to an aromatic ring is 1. The van der Waals surface area contributed by atoms with Crippen LogP contribution in [0.4, 0.5) is 10.1 Å². The molecule has 6 heteroatoms. The average molecular weight is 296 g/mol. The standard InChI is InChI=1S/C14H17FN2O2S/c1-8(7-19-3)17(2)14(18)13-12(16)11-9(15)5-4-6-10(11)20-13/h4-6,8H,7,16H2,1-3H3. The zero-order valence-corrected chi connectivity index (χ0v) is 12.5. The van der Waals surface area contributed by atoms with E-state index in [9.17, 15) is 9.18 Å². The van der Waals surface area contributed by atoms with Crippen molar-refractivity contribution in [2.45, 2.75) is 13.0 Å². The van der Waals surface area contributed by atoms with Crippen molar-refractivity contribution in [2.75, 3.05) is 26.5 Å². The first-order valence-corrected chi connectivity index (χ1v) is 7.01. The largest absolute Gasteiger partial charge is 0.397 e. The van der Waals surface area contributed by atoms with E-state index in [4.69, 9.17) is 10.5 Å². The zero-order chi connectivity index (χ0) is 14.9. The minimum Gasteiger partial charge on any atom is -0.397 e. The third-order valence-electron chi connectivity index (χ3n) is 3.28. The Kier molecular flexibility index (Phi) is 4.25. The van der Waals surface area contributed by atoms with Crippen molar-refractivity contribution >= 4 is 33.0 Å². The highest BCUT2D eigenvalue weighted by atomic mass is 32.1. The van der Waals surface area contributed by atoms with E-state index in [2.05, 4.69) is 0 Å². The number of hydrogen-bond donors (Lipinski definition) is 1. The van der Waals surface area contributed by atoms with Crippen molar-refractivity contribution in [3.8, 4) is 0 Å². The molecule has 0 bridgehead atoms. The molecule has 2 rings (SSSR count). The van der Waals surface area contributed by atoms with Crippen molar-refractivity contribution in [1.82, 2.24) is 4.90 Å². The van der Waals surface area contributed by atoms with Gasteiger partial charge in [0.15, 0.2) is 0 Å². The Morgan fingerprint density at radius 3 is 2.85 bits per heavy atom. The molecule has 0 saturated heterocycles. The number of fused-ring (bicyclic) bond motifs is 1. The summed E-state index contributed by atoms with van der Waals surface area (Å²) in [5.74, 6) is -0.615. The van der Waals surface area contributed by atoms with E-state index in [1.807, 2.05) is 6.92 Å². The number of anilines is 1. The van der Waals surface area contributed by atoms with Crippen LogP contribution in [0, 0.1) is 5.82 Å². The van der Waals surface area contributed by atoms with Gasteiger partial charge in [-0.2, -0.15) is 0 Å². The van der Waals surface area contributed by atoms with Crippen molar-refractivity contribution in [3.05, 3.63) is 28.9 Å². The first-order valence-electron chi connectivity index (χ1n) is 6.20. The van der Waals surface area contributed by atoms with Gasteiger partial charge in [-0.15, -0.1) is 11.3 Å². The van der Waals surface area contributed by atoms with E-state index in [1.165, 1.54) is 17.4 Å². The highest BCUT2D eigenvalue weighted by molar-refractivity contribution is 7.21. The number of carbonyl (C=O) groups is 1.